The fourth-order valence-electron chi connectivity index (χ4n) is 3.54. The van der Waals surface area contributed by atoms with Crippen molar-refractivity contribution in [1.82, 2.24) is 4.90 Å². The molecule has 1 N–H and O–H groups in total. The molecule has 4 rings (SSSR count). The number of carbonyl (C=O) groups excluding carboxylic acids is 1. The molecule has 1 saturated heterocycles. The quantitative estimate of drug-likeness (QED) is 0.847. The average Bonchev–Trinajstić information content (AvgIpc) is 3.35. The summed E-state index contributed by atoms with van der Waals surface area (Å²) in [5, 5.41) is 9.12. The second-order valence-corrected chi connectivity index (χ2v) is 6.98. The van der Waals surface area contributed by atoms with E-state index in [9.17, 15) is 4.79 Å². The minimum atomic E-state index is 0.00537. The van der Waals surface area contributed by atoms with Crippen LogP contribution in [0.15, 0.2) is 42.5 Å². The van der Waals surface area contributed by atoms with Crippen LogP contribution in [-0.4, -0.2) is 42.4 Å². The number of amides is 1. The number of nitrogens with zero attached hydrogens (tertiary/aromatic N) is 1. The molecule has 0 radical (unpaired) electrons. The van der Waals surface area contributed by atoms with Crippen LogP contribution < -0.4 is 14.2 Å². The summed E-state index contributed by atoms with van der Waals surface area (Å²) in [6, 6.07) is 13.3. The van der Waals surface area contributed by atoms with Gasteiger partial charge in [-0.15, -0.1) is 0 Å². The predicted octanol–water partition coefficient (Wildman–Crippen LogP) is 2.38. The highest BCUT2D eigenvalue weighted by Crippen LogP contribution is 2.35. The molecule has 1 amide bonds. The monoisotopic (exact) mass is 369 g/mol. The van der Waals surface area contributed by atoms with E-state index in [1.807, 2.05) is 17.0 Å². The van der Waals surface area contributed by atoms with E-state index in [1.165, 1.54) is 5.56 Å². The molecule has 0 aliphatic carbocycles. The van der Waals surface area contributed by atoms with Crippen molar-refractivity contribution in [1.29, 1.82) is 0 Å². The highest BCUT2D eigenvalue weighted by Gasteiger charge is 2.26. The number of fused-ring (bicyclic) bond motifs is 1. The lowest BCUT2D eigenvalue weighted by atomic mass is 9.98. The molecule has 6 nitrogen and oxygen atoms in total. The summed E-state index contributed by atoms with van der Waals surface area (Å²) in [5.74, 6) is 2.41. The lowest BCUT2D eigenvalue weighted by Crippen LogP contribution is -2.33. The molecule has 0 spiro atoms. The number of benzene rings is 2. The van der Waals surface area contributed by atoms with E-state index in [1.54, 1.807) is 18.2 Å². The average molecular weight is 369 g/mol. The Bertz CT molecular complexity index is 805. The zero-order chi connectivity index (χ0) is 18.6. The highest BCUT2D eigenvalue weighted by atomic mass is 16.7. The molecule has 27 heavy (non-hydrogen) atoms. The van der Waals surface area contributed by atoms with Crippen LogP contribution in [0.25, 0.3) is 0 Å². The number of ether oxygens (including phenoxy) is 3. The molecule has 142 valence electrons. The summed E-state index contributed by atoms with van der Waals surface area (Å²) in [7, 11) is 0. The van der Waals surface area contributed by atoms with E-state index in [2.05, 4.69) is 12.1 Å². The van der Waals surface area contributed by atoms with Crippen LogP contribution in [-0.2, 0) is 17.8 Å². The maximum atomic E-state index is 12.5. The molecule has 0 bridgehead atoms. The second-order valence-electron chi connectivity index (χ2n) is 6.98. The molecule has 0 saturated carbocycles. The fourth-order valence-corrected chi connectivity index (χ4v) is 3.54. The third kappa shape index (κ3) is 4.17. The van der Waals surface area contributed by atoms with Crippen molar-refractivity contribution in [3.05, 3.63) is 53.6 Å². The summed E-state index contributed by atoms with van der Waals surface area (Å²) in [6.45, 7) is 1.83. The van der Waals surface area contributed by atoms with Crippen LogP contribution in [0.4, 0.5) is 0 Å². The molecule has 1 fully saturated rings. The Labute approximate surface area is 158 Å². The summed E-state index contributed by atoms with van der Waals surface area (Å²) < 4.78 is 16.2. The first-order valence-corrected chi connectivity index (χ1v) is 9.20. The summed E-state index contributed by atoms with van der Waals surface area (Å²) >= 11 is 0. The molecule has 2 aromatic rings. The van der Waals surface area contributed by atoms with Crippen LogP contribution in [0.1, 0.15) is 17.5 Å². The van der Waals surface area contributed by atoms with Gasteiger partial charge in [-0.3, -0.25) is 4.79 Å². The van der Waals surface area contributed by atoms with Crippen molar-refractivity contribution in [3.8, 4) is 17.2 Å². The number of carbonyl (C=O) groups is 1. The van der Waals surface area contributed by atoms with Gasteiger partial charge >= 0.3 is 0 Å². The molecule has 0 aromatic heterocycles. The van der Waals surface area contributed by atoms with Crippen LogP contribution in [0, 0.1) is 5.92 Å². The number of aliphatic hydroxyl groups excluding tert-OH is 1. The first-order valence-electron chi connectivity index (χ1n) is 9.20. The molecule has 1 atom stereocenters. The maximum absolute atomic E-state index is 12.5. The second kappa shape index (κ2) is 7.88. The van der Waals surface area contributed by atoms with Gasteiger partial charge in [-0.25, -0.2) is 0 Å². The third-order valence-electron chi connectivity index (χ3n) is 5.07. The molecule has 2 heterocycles. The van der Waals surface area contributed by atoms with Gasteiger partial charge in [0.2, 0.25) is 6.79 Å². The third-order valence-corrected chi connectivity index (χ3v) is 5.07. The van der Waals surface area contributed by atoms with Crippen LogP contribution in [0.3, 0.4) is 0 Å². The fraction of sp³-hybridized carbons (Fsp3) is 0.381. The summed E-state index contributed by atoms with van der Waals surface area (Å²) in [4.78, 5) is 14.3. The van der Waals surface area contributed by atoms with Gasteiger partial charge in [0.05, 0.1) is 6.61 Å². The van der Waals surface area contributed by atoms with Gasteiger partial charge < -0.3 is 24.2 Å². The Morgan fingerprint density at radius 1 is 1.11 bits per heavy atom. The molecular weight excluding hydrogens is 346 g/mol. The molecule has 0 unspecified atom stereocenters. The Balaban J connectivity index is 1.26. The Morgan fingerprint density at radius 3 is 2.70 bits per heavy atom. The van der Waals surface area contributed by atoms with Crippen molar-refractivity contribution in [2.45, 2.75) is 19.4 Å². The van der Waals surface area contributed by atoms with Gasteiger partial charge in [-0.2, -0.15) is 0 Å². The molecule has 2 aromatic carbocycles. The Hall–Kier alpha value is -2.73. The van der Waals surface area contributed by atoms with Crippen molar-refractivity contribution in [2.24, 2.45) is 5.92 Å². The van der Waals surface area contributed by atoms with E-state index >= 15 is 0 Å². The number of rotatable bonds is 6. The van der Waals surface area contributed by atoms with Crippen LogP contribution in [0.2, 0.25) is 0 Å². The standard InChI is InChI=1S/C21H23NO5/c23-12-16-3-1-15(2-4-16)9-17-7-8-22(11-17)21(24)13-25-18-5-6-19-20(10-18)27-14-26-19/h1-6,10,17,23H,7-9,11-14H2/t17-/m0/s1. The van der Waals surface area contributed by atoms with Crippen LogP contribution in [0.5, 0.6) is 17.2 Å². The van der Waals surface area contributed by atoms with Crippen molar-refractivity contribution in [3.63, 3.8) is 0 Å². The van der Waals surface area contributed by atoms with E-state index in [4.69, 9.17) is 19.3 Å². The summed E-state index contributed by atoms with van der Waals surface area (Å²) in [5.41, 5.74) is 2.16. The van der Waals surface area contributed by atoms with E-state index in [-0.39, 0.29) is 25.9 Å². The topological polar surface area (TPSA) is 68.2 Å². The van der Waals surface area contributed by atoms with Crippen LogP contribution >= 0.6 is 0 Å². The number of hydrogen-bond donors (Lipinski definition) is 1. The predicted molar refractivity (Wildman–Crippen MR) is 98.8 cm³/mol. The largest absolute Gasteiger partial charge is 0.484 e. The Kier molecular flexibility index (Phi) is 5.16. The van der Waals surface area contributed by atoms with E-state index in [0.29, 0.717) is 23.2 Å². The van der Waals surface area contributed by atoms with Gasteiger partial charge in [0, 0.05) is 19.2 Å². The lowest BCUT2D eigenvalue weighted by Gasteiger charge is -2.17. The van der Waals surface area contributed by atoms with E-state index in [0.717, 1.165) is 31.5 Å². The van der Waals surface area contributed by atoms with E-state index < -0.39 is 0 Å². The maximum Gasteiger partial charge on any atom is 0.260 e. The van der Waals surface area contributed by atoms with Crippen molar-refractivity contribution in [2.75, 3.05) is 26.5 Å². The zero-order valence-corrected chi connectivity index (χ0v) is 15.1. The van der Waals surface area contributed by atoms with Gasteiger partial charge in [0.1, 0.15) is 5.75 Å². The lowest BCUT2D eigenvalue weighted by molar-refractivity contribution is -0.132. The first-order chi connectivity index (χ1) is 13.2. The van der Waals surface area contributed by atoms with Crippen molar-refractivity contribution < 1.29 is 24.1 Å². The zero-order valence-electron chi connectivity index (χ0n) is 15.1. The highest BCUT2D eigenvalue weighted by molar-refractivity contribution is 5.78. The number of hydrogen-bond acceptors (Lipinski definition) is 5. The smallest absolute Gasteiger partial charge is 0.260 e. The van der Waals surface area contributed by atoms with Crippen molar-refractivity contribution >= 4 is 5.91 Å². The minimum Gasteiger partial charge on any atom is -0.484 e. The molecule has 2 aliphatic rings. The molecule has 6 heteroatoms. The Morgan fingerprint density at radius 2 is 1.89 bits per heavy atom. The molecule has 2 aliphatic heterocycles. The minimum absolute atomic E-state index is 0.00537. The normalized spacial score (nSPS) is 18.0. The SMILES string of the molecule is O=C(COc1ccc2c(c1)OCO2)N1CC[C@@H](Cc2ccc(CO)cc2)C1. The van der Waals surface area contributed by atoms with Gasteiger partial charge in [0.15, 0.2) is 18.1 Å². The van der Waals surface area contributed by atoms with Gasteiger partial charge in [-0.1, -0.05) is 24.3 Å². The number of aliphatic hydroxyl groups is 1. The summed E-state index contributed by atoms with van der Waals surface area (Å²) in [6.07, 6.45) is 1.94. The first kappa shape index (κ1) is 17.7. The van der Waals surface area contributed by atoms with Gasteiger partial charge in [-0.05, 0) is 42.0 Å². The number of likely N-dealkylation sites (tertiary alicyclic amines) is 1. The molecular formula is C21H23NO5. The van der Waals surface area contributed by atoms with Gasteiger partial charge in [0.25, 0.3) is 5.91 Å².